The highest BCUT2D eigenvalue weighted by Crippen LogP contribution is 2.23. The van der Waals surface area contributed by atoms with Crippen molar-refractivity contribution in [3.05, 3.63) is 58.3 Å². The maximum Gasteiger partial charge on any atom is 0.127 e. The van der Waals surface area contributed by atoms with E-state index in [2.05, 4.69) is 5.32 Å². The lowest BCUT2D eigenvalue weighted by Gasteiger charge is -2.16. The quantitative estimate of drug-likeness (QED) is 0.885. The first kappa shape index (κ1) is 14.1. The number of halogens is 2. The standard InChI is InChI=1S/C15H17ClFNO/c1-3-18-15(12-6-10(2)19-9-12)7-11-4-5-13(16)8-14(11)17/h4-6,8-9,15,18H,3,7H2,1-2H3. The number of hydrogen-bond donors (Lipinski definition) is 1. The van der Waals surface area contributed by atoms with Crippen molar-refractivity contribution >= 4 is 11.6 Å². The molecule has 1 unspecified atom stereocenters. The highest BCUT2D eigenvalue weighted by molar-refractivity contribution is 6.30. The minimum Gasteiger partial charge on any atom is -0.469 e. The van der Waals surface area contributed by atoms with Gasteiger partial charge in [0.05, 0.1) is 6.26 Å². The van der Waals surface area contributed by atoms with Gasteiger partial charge in [0, 0.05) is 16.6 Å². The van der Waals surface area contributed by atoms with Crippen molar-refractivity contribution in [3.8, 4) is 0 Å². The van der Waals surface area contributed by atoms with Gasteiger partial charge in [-0.3, -0.25) is 0 Å². The normalized spacial score (nSPS) is 12.6. The highest BCUT2D eigenvalue weighted by Gasteiger charge is 2.15. The number of hydrogen-bond acceptors (Lipinski definition) is 2. The number of rotatable bonds is 5. The first-order chi connectivity index (χ1) is 9.10. The number of furan rings is 1. The first-order valence-electron chi connectivity index (χ1n) is 6.32. The summed E-state index contributed by atoms with van der Waals surface area (Å²) in [5.74, 6) is 0.588. The summed E-state index contributed by atoms with van der Waals surface area (Å²) in [7, 11) is 0. The maximum atomic E-state index is 13.8. The summed E-state index contributed by atoms with van der Waals surface area (Å²) in [4.78, 5) is 0. The van der Waals surface area contributed by atoms with Crippen molar-refractivity contribution in [2.24, 2.45) is 0 Å². The minimum atomic E-state index is -0.268. The van der Waals surface area contributed by atoms with Crippen LogP contribution in [0.3, 0.4) is 0 Å². The van der Waals surface area contributed by atoms with Crippen LogP contribution < -0.4 is 5.32 Å². The molecule has 0 aliphatic rings. The average Bonchev–Trinajstić information content (AvgIpc) is 2.78. The molecule has 4 heteroatoms. The molecule has 0 fully saturated rings. The lowest BCUT2D eigenvalue weighted by Crippen LogP contribution is -2.22. The molecule has 1 N–H and O–H groups in total. The van der Waals surface area contributed by atoms with E-state index in [0.29, 0.717) is 17.0 Å². The molecule has 0 aliphatic carbocycles. The Kier molecular flexibility index (Phi) is 4.61. The van der Waals surface area contributed by atoms with Gasteiger partial charge in [-0.2, -0.15) is 0 Å². The molecule has 0 aliphatic heterocycles. The van der Waals surface area contributed by atoms with Gasteiger partial charge in [0.2, 0.25) is 0 Å². The van der Waals surface area contributed by atoms with Gasteiger partial charge >= 0.3 is 0 Å². The Morgan fingerprint density at radius 2 is 2.16 bits per heavy atom. The zero-order valence-electron chi connectivity index (χ0n) is 11.0. The molecule has 0 saturated heterocycles. The molecular formula is C15H17ClFNO. The summed E-state index contributed by atoms with van der Waals surface area (Å²) in [6, 6.07) is 6.80. The van der Waals surface area contributed by atoms with Gasteiger partial charge in [-0.25, -0.2) is 4.39 Å². The van der Waals surface area contributed by atoms with Crippen LogP contribution in [0.1, 0.15) is 29.9 Å². The van der Waals surface area contributed by atoms with E-state index in [9.17, 15) is 4.39 Å². The molecule has 0 saturated carbocycles. The van der Waals surface area contributed by atoms with Gasteiger partial charge in [0.25, 0.3) is 0 Å². The van der Waals surface area contributed by atoms with Crippen LogP contribution in [-0.4, -0.2) is 6.54 Å². The van der Waals surface area contributed by atoms with E-state index in [1.54, 1.807) is 18.4 Å². The number of likely N-dealkylation sites (N-methyl/N-ethyl adjacent to an activating group) is 1. The molecule has 19 heavy (non-hydrogen) atoms. The Morgan fingerprint density at radius 3 is 2.74 bits per heavy atom. The highest BCUT2D eigenvalue weighted by atomic mass is 35.5. The lowest BCUT2D eigenvalue weighted by molar-refractivity contribution is 0.504. The van der Waals surface area contributed by atoms with E-state index >= 15 is 0 Å². The number of aryl methyl sites for hydroxylation is 1. The van der Waals surface area contributed by atoms with Gasteiger partial charge in [-0.05, 0) is 43.7 Å². The molecule has 1 atom stereocenters. The average molecular weight is 282 g/mol. The summed E-state index contributed by atoms with van der Waals surface area (Å²) < 4.78 is 19.2. The van der Waals surface area contributed by atoms with Crippen LogP contribution >= 0.6 is 11.6 Å². The minimum absolute atomic E-state index is 0.0399. The molecule has 2 nitrogen and oxygen atoms in total. The third-order valence-corrected chi connectivity index (χ3v) is 3.28. The molecule has 0 spiro atoms. The van der Waals surface area contributed by atoms with Gasteiger partial charge in [-0.15, -0.1) is 0 Å². The lowest BCUT2D eigenvalue weighted by atomic mass is 10.0. The van der Waals surface area contributed by atoms with Crippen molar-refractivity contribution in [3.63, 3.8) is 0 Å². The summed E-state index contributed by atoms with van der Waals surface area (Å²) in [6.07, 6.45) is 2.28. The third-order valence-electron chi connectivity index (χ3n) is 3.04. The zero-order valence-corrected chi connectivity index (χ0v) is 11.8. The second kappa shape index (κ2) is 6.22. The molecule has 0 amide bonds. The van der Waals surface area contributed by atoms with Crippen molar-refractivity contribution in [2.75, 3.05) is 6.54 Å². The summed E-state index contributed by atoms with van der Waals surface area (Å²) in [5.41, 5.74) is 1.68. The Labute approximate surface area is 117 Å². The molecule has 0 radical (unpaired) electrons. The fourth-order valence-electron chi connectivity index (χ4n) is 2.11. The molecule has 102 valence electrons. The topological polar surface area (TPSA) is 25.2 Å². The van der Waals surface area contributed by atoms with E-state index in [0.717, 1.165) is 17.9 Å². The van der Waals surface area contributed by atoms with E-state index in [1.165, 1.54) is 6.07 Å². The largest absolute Gasteiger partial charge is 0.469 e. The summed E-state index contributed by atoms with van der Waals surface area (Å²) in [5, 5.41) is 3.76. The van der Waals surface area contributed by atoms with E-state index in [4.69, 9.17) is 16.0 Å². The molecule has 2 rings (SSSR count). The predicted octanol–water partition coefficient (Wildman–Crippen LogP) is 4.27. The van der Waals surface area contributed by atoms with E-state index < -0.39 is 0 Å². The van der Waals surface area contributed by atoms with Crippen LogP contribution in [0.4, 0.5) is 4.39 Å². The van der Waals surface area contributed by atoms with Crippen molar-refractivity contribution in [2.45, 2.75) is 26.3 Å². The fraction of sp³-hybridized carbons (Fsp3) is 0.333. The van der Waals surface area contributed by atoms with Gasteiger partial charge < -0.3 is 9.73 Å². The second-order valence-corrected chi connectivity index (χ2v) is 4.98. The van der Waals surface area contributed by atoms with Crippen LogP contribution in [0.15, 0.2) is 34.9 Å². The monoisotopic (exact) mass is 281 g/mol. The summed E-state index contributed by atoms with van der Waals surface area (Å²) in [6.45, 7) is 4.73. The molecule has 2 aromatic rings. The second-order valence-electron chi connectivity index (χ2n) is 4.54. The van der Waals surface area contributed by atoms with Crippen LogP contribution in [0.2, 0.25) is 5.02 Å². The maximum absolute atomic E-state index is 13.8. The van der Waals surface area contributed by atoms with Gasteiger partial charge in [-0.1, -0.05) is 24.6 Å². The zero-order chi connectivity index (χ0) is 13.8. The van der Waals surface area contributed by atoms with Crippen LogP contribution in [-0.2, 0) is 6.42 Å². The molecule has 0 bridgehead atoms. The molecule has 1 aromatic carbocycles. The predicted molar refractivity (Wildman–Crippen MR) is 75.0 cm³/mol. The fourth-order valence-corrected chi connectivity index (χ4v) is 2.27. The van der Waals surface area contributed by atoms with Crippen molar-refractivity contribution in [1.82, 2.24) is 5.32 Å². The van der Waals surface area contributed by atoms with Gasteiger partial charge in [0.15, 0.2) is 0 Å². The SMILES string of the molecule is CCNC(Cc1ccc(Cl)cc1F)c1coc(C)c1. The third kappa shape index (κ3) is 3.58. The summed E-state index contributed by atoms with van der Waals surface area (Å²) >= 11 is 5.76. The van der Waals surface area contributed by atoms with Gasteiger partial charge in [0.1, 0.15) is 11.6 Å². The van der Waals surface area contributed by atoms with Crippen molar-refractivity contribution < 1.29 is 8.81 Å². The van der Waals surface area contributed by atoms with Crippen LogP contribution in [0.5, 0.6) is 0 Å². The first-order valence-corrected chi connectivity index (χ1v) is 6.70. The molecule has 1 aromatic heterocycles. The molecule has 1 heterocycles. The Bertz CT molecular complexity index is 553. The Morgan fingerprint density at radius 1 is 1.37 bits per heavy atom. The van der Waals surface area contributed by atoms with Crippen LogP contribution in [0.25, 0.3) is 0 Å². The Balaban J connectivity index is 2.21. The van der Waals surface area contributed by atoms with E-state index in [-0.39, 0.29) is 11.9 Å². The smallest absolute Gasteiger partial charge is 0.127 e. The number of nitrogens with one attached hydrogen (secondary N) is 1. The number of benzene rings is 1. The van der Waals surface area contributed by atoms with E-state index in [1.807, 2.05) is 19.9 Å². The molecular weight excluding hydrogens is 265 g/mol. The van der Waals surface area contributed by atoms with Crippen molar-refractivity contribution in [1.29, 1.82) is 0 Å². The van der Waals surface area contributed by atoms with Crippen LogP contribution in [0, 0.1) is 12.7 Å². The Hall–Kier alpha value is -1.32.